The minimum atomic E-state index is -1.11. The summed E-state index contributed by atoms with van der Waals surface area (Å²) in [6, 6.07) is 7.34. The highest BCUT2D eigenvalue weighted by Crippen LogP contribution is 2.17. The molecule has 14 heavy (non-hydrogen) atoms. The minimum Gasteiger partial charge on any atom is -0.394 e. The van der Waals surface area contributed by atoms with Crippen molar-refractivity contribution in [2.24, 2.45) is 0 Å². The van der Waals surface area contributed by atoms with Gasteiger partial charge in [0.1, 0.15) is 12.2 Å². The molecule has 1 aromatic rings. The molecule has 3 nitrogen and oxygen atoms in total. The summed E-state index contributed by atoms with van der Waals surface area (Å²) >= 11 is 0. The molecule has 0 fully saturated rings. The van der Waals surface area contributed by atoms with Gasteiger partial charge in [-0.05, 0) is 17.5 Å². The molecule has 1 aromatic carbocycles. The smallest absolute Gasteiger partial charge is 0.107 e. The van der Waals surface area contributed by atoms with Crippen molar-refractivity contribution in [2.45, 2.75) is 25.6 Å². The molecule has 0 saturated carbocycles. The van der Waals surface area contributed by atoms with Crippen molar-refractivity contribution in [3.63, 3.8) is 0 Å². The first-order valence-corrected chi connectivity index (χ1v) is 4.74. The number of aliphatic hydroxyl groups excluding tert-OH is 3. The van der Waals surface area contributed by atoms with Crippen LogP contribution < -0.4 is 0 Å². The van der Waals surface area contributed by atoms with E-state index in [4.69, 9.17) is 5.11 Å². The maximum Gasteiger partial charge on any atom is 0.107 e. The molecule has 3 heteroatoms. The Kier molecular flexibility index (Phi) is 4.07. The molecule has 2 unspecified atom stereocenters. The average molecular weight is 196 g/mol. The largest absolute Gasteiger partial charge is 0.394 e. The predicted molar refractivity (Wildman–Crippen MR) is 53.9 cm³/mol. The van der Waals surface area contributed by atoms with Gasteiger partial charge in [-0.3, -0.25) is 0 Å². The maximum absolute atomic E-state index is 9.54. The maximum atomic E-state index is 9.54. The molecule has 0 aliphatic rings. The van der Waals surface area contributed by atoms with E-state index in [0.29, 0.717) is 5.56 Å². The normalized spacial score (nSPS) is 15.1. The second-order valence-electron chi connectivity index (χ2n) is 3.29. The molecule has 2 atom stereocenters. The van der Waals surface area contributed by atoms with Gasteiger partial charge in [-0.15, -0.1) is 0 Å². The van der Waals surface area contributed by atoms with Crippen molar-refractivity contribution in [1.29, 1.82) is 0 Å². The molecule has 0 aliphatic heterocycles. The third-order valence-electron chi connectivity index (χ3n) is 2.28. The first kappa shape index (κ1) is 11.2. The summed E-state index contributed by atoms with van der Waals surface area (Å²) in [5.41, 5.74) is 1.81. The number of hydrogen-bond acceptors (Lipinski definition) is 3. The summed E-state index contributed by atoms with van der Waals surface area (Å²) in [4.78, 5) is 0. The molecule has 3 N–H and O–H groups in total. The molecule has 0 spiro atoms. The van der Waals surface area contributed by atoms with Gasteiger partial charge >= 0.3 is 0 Å². The fourth-order valence-corrected chi connectivity index (χ4v) is 1.27. The molecule has 0 amide bonds. The van der Waals surface area contributed by atoms with Gasteiger partial charge in [0.2, 0.25) is 0 Å². The molecule has 0 aromatic heterocycles. The van der Waals surface area contributed by atoms with Crippen LogP contribution in [0.1, 0.15) is 24.2 Å². The summed E-state index contributed by atoms with van der Waals surface area (Å²) in [5.74, 6) is 0. The summed E-state index contributed by atoms with van der Waals surface area (Å²) in [6.45, 7) is 1.62. The van der Waals surface area contributed by atoms with E-state index in [1.165, 1.54) is 5.56 Å². The van der Waals surface area contributed by atoms with Gasteiger partial charge in [0, 0.05) is 0 Å². The van der Waals surface area contributed by atoms with Crippen molar-refractivity contribution in [2.75, 3.05) is 6.61 Å². The molecule has 0 bridgehead atoms. The van der Waals surface area contributed by atoms with Crippen LogP contribution in [-0.2, 0) is 6.42 Å². The monoisotopic (exact) mass is 196 g/mol. The number of benzene rings is 1. The van der Waals surface area contributed by atoms with Gasteiger partial charge in [0.25, 0.3) is 0 Å². The zero-order valence-corrected chi connectivity index (χ0v) is 8.22. The lowest BCUT2D eigenvalue weighted by Gasteiger charge is -2.15. The van der Waals surface area contributed by atoms with Crippen molar-refractivity contribution < 1.29 is 15.3 Å². The molecule has 1 rings (SSSR count). The second-order valence-corrected chi connectivity index (χ2v) is 3.29. The summed E-state index contributed by atoms with van der Waals surface area (Å²) < 4.78 is 0. The Labute approximate surface area is 83.6 Å². The van der Waals surface area contributed by atoms with Crippen LogP contribution in [0.15, 0.2) is 24.3 Å². The van der Waals surface area contributed by atoms with E-state index in [2.05, 4.69) is 0 Å². The first-order valence-electron chi connectivity index (χ1n) is 4.74. The Balaban J connectivity index is 2.75. The van der Waals surface area contributed by atoms with E-state index >= 15 is 0 Å². The highest BCUT2D eigenvalue weighted by Gasteiger charge is 2.16. The molecule has 0 saturated heterocycles. The van der Waals surface area contributed by atoms with Gasteiger partial charge in [-0.1, -0.05) is 31.2 Å². The number of hydrogen-bond donors (Lipinski definition) is 3. The van der Waals surface area contributed by atoms with Crippen LogP contribution in [-0.4, -0.2) is 28.0 Å². The van der Waals surface area contributed by atoms with E-state index in [-0.39, 0.29) is 0 Å². The van der Waals surface area contributed by atoms with E-state index in [1.807, 2.05) is 19.1 Å². The van der Waals surface area contributed by atoms with Crippen LogP contribution >= 0.6 is 0 Å². The standard InChI is InChI=1S/C11H16O3/c1-2-8-3-5-9(6-4-8)11(14)10(13)7-12/h3-6,10-14H,2,7H2,1H3. The fourth-order valence-electron chi connectivity index (χ4n) is 1.27. The third kappa shape index (κ3) is 2.54. The zero-order valence-electron chi connectivity index (χ0n) is 8.22. The van der Waals surface area contributed by atoms with Crippen molar-refractivity contribution in [3.8, 4) is 0 Å². The molecular weight excluding hydrogens is 180 g/mol. The Morgan fingerprint density at radius 2 is 1.71 bits per heavy atom. The quantitative estimate of drug-likeness (QED) is 0.662. The van der Waals surface area contributed by atoms with Gasteiger partial charge in [-0.2, -0.15) is 0 Å². The first-order chi connectivity index (χ1) is 6.69. The summed E-state index contributed by atoms with van der Waals surface area (Å²) in [6.07, 6.45) is -1.17. The summed E-state index contributed by atoms with van der Waals surface area (Å²) in [5, 5.41) is 27.4. The van der Waals surface area contributed by atoms with Crippen LogP contribution in [0.25, 0.3) is 0 Å². The van der Waals surface area contributed by atoms with Crippen LogP contribution in [0, 0.1) is 0 Å². The minimum absolute atomic E-state index is 0.434. The molecular formula is C11H16O3. The molecule has 0 radical (unpaired) electrons. The SMILES string of the molecule is CCc1ccc(C(O)C(O)CO)cc1. The number of rotatable bonds is 4. The van der Waals surface area contributed by atoms with E-state index in [0.717, 1.165) is 6.42 Å². The Bertz CT molecular complexity index is 268. The van der Waals surface area contributed by atoms with Gasteiger partial charge in [0.15, 0.2) is 0 Å². The van der Waals surface area contributed by atoms with E-state index in [9.17, 15) is 10.2 Å². The third-order valence-corrected chi connectivity index (χ3v) is 2.28. The highest BCUT2D eigenvalue weighted by atomic mass is 16.4. The highest BCUT2D eigenvalue weighted by molar-refractivity contribution is 5.24. The Morgan fingerprint density at radius 3 is 2.14 bits per heavy atom. The average Bonchev–Trinajstić information content (AvgIpc) is 2.27. The zero-order chi connectivity index (χ0) is 10.6. The van der Waals surface area contributed by atoms with Crippen LogP contribution in [0.4, 0.5) is 0 Å². The fraction of sp³-hybridized carbons (Fsp3) is 0.455. The second kappa shape index (κ2) is 5.10. The number of aliphatic hydroxyl groups is 3. The van der Waals surface area contributed by atoms with Crippen molar-refractivity contribution in [3.05, 3.63) is 35.4 Å². The Morgan fingerprint density at radius 1 is 1.14 bits per heavy atom. The molecule has 0 aliphatic carbocycles. The lowest BCUT2D eigenvalue weighted by atomic mass is 10.0. The van der Waals surface area contributed by atoms with Crippen LogP contribution in [0.2, 0.25) is 0 Å². The predicted octanol–water partition coefficient (Wildman–Crippen LogP) is 0.636. The van der Waals surface area contributed by atoms with E-state index < -0.39 is 18.8 Å². The lowest BCUT2D eigenvalue weighted by molar-refractivity contribution is -0.0152. The summed E-state index contributed by atoms with van der Waals surface area (Å²) in [7, 11) is 0. The topological polar surface area (TPSA) is 60.7 Å². The number of aryl methyl sites for hydroxylation is 1. The van der Waals surface area contributed by atoms with Crippen LogP contribution in [0.3, 0.4) is 0 Å². The van der Waals surface area contributed by atoms with Crippen molar-refractivity contribution in [1.82, 2.24) is 0 Å². The van der Waals surface area contributed by atoms with Gasteiger partial charge in [-0.25, -0.2) is 0 Å². The molecule has 78 valence electrons. The van der Waals surface area contributed by atoms with E-state index in [1.54, 1.807) is 12.1 Å². The lowest BCUT2D eigenvalue weighted by Crippen LogP contribution is -2.21. The van der Waals surface area contributed by atoms with Crippen LogP contribution in [0.5, 0.6) is 0 Å². The Hall–Kier alpha value is -0.900. The van der Waals surface area contributed by atoms with Gasteiger partial charge < -0.3 is 15.3 Å². The van der Waals surface area contributed by atoms with Gasteiger partial charge in [0.05, 0.1) is 6.61 Å². The molecule has 0 heterocycles. The van der Waals surface area contributed by atoms with Crippen molar-refractivity contribution >= 4 is 0 Å².